The highest BCUT2D eigenvalue weighted by atomic mass is 15.2. The summed E-state index contributed by atoms with van der Waals surface area (Å²) in [6, 6.07) is 15.0. The van der Waals surface area contributed by atoms with Crippen LogP contribution >= 0.6 is 0 Å². The van der Waals surface area contributed by atoms with Crippen LogP contribution in [-0.4, -0.2) is 12.6 Å². The summed E-state index contributed by atoms with van der Waals surface area (Å²) in [7, 11) is 2.15. The van der Waals surface area contributed by atoms with Crippen molar-refractivity contribution < 1.29 is 0 Å². The third-order valence-corrected chi connectivity index (χ3v) is 4.18. The molecule has 1 aliphatic rings. The van der Waals surface area contributed by atoms with Gasteiger partial charge in [0.1, 0.15) is 0 Å². The first kappa shape index (κ1) is 12.7. The maximum Gasteiger partial charge on any atom is 0.0800 e. The van der Waals surface area contributed by atoms with Gasteiger partial charge >= 0.3 is 0 Å². The molecule has 1 aliphatic carbocycles. The lowest BCUT2D eigenvalue weighted by molar-refractivity contribution is 0.614. The molecule has 3 rings (SSSR count). The van der Waals surface area contributed by atoms with Crippen LogP contribution < -0.4 is 4.90 Å². The van der Waals surface area contributed by atoms with Gasteiger partial charge in [-0.05, 0) is 17.9 Å². The molecule has 0 radical (unpaired) electrons. The number of benzene rings is 2. The molecule has 0 N–H and O–H groups in total. The van der Waals surface area contributed by atoms with Crippen molar-refractivity contribution in [1.82, 2.24) is 0 Å². The van der Waals surface area contributed by atoms with Crippen LogP contribution in [0.5, 0.6) is 0 Å². The quantitative estimate of drug-likeness (QED) is 0.723. The summed E-state index contributed by atoms with van der Waals surface area (Å²) in [4.78, 5) is 2.32. The average Bonchev–Trinajstić information content (AvgIpc) is 2.54. The van der Waals surface area contributed by atoms with Crippen molar-refractivity contribution in [3.63, 3.8) is 0 Å². The molecule has 1 atom stereocenters. The van der Waals surface area contributed by atoms with Crippen LogP contribution in [0.4, 0.5) is 5.69 Å². The minimum Gasteiger partial charge on any atom is -0.361 e. The molecule has 20 heavy (non-hydrogen) atoms. The van der Waals surface area contributed by atoms with E-state index in [4.69, 9.17) is 0 Å². The Morgan fingerprint density at radius 2 is 1.90 bits per heavy atom. The number of anilines is 1. The van der Waals surface area contributed by atoms with Gasteiger partial charge in [-0.2, -0.15) is 0 Å². The highest BCUT2D eigenvalue weighted by molar-refractivity contribution is 5.94. The van der Waals surface area contributed by atoms with Crippen LogP contribution in [0, 0.1) is 0 Å². The summed E-state index contributed by atoms with van der Waals surface area (Å²) in [5.41, 5.74) is 1.10. The lowest BCUT2D eigenvalue weighted by Crippen LogP contribution is -2.43. The first-order chi connectivity index (χ1) is 9.77. The summed E-state index contributed by atoms with van der Waals surface area (Å²) in [5, 5.41) is 2.55. The Morgan fingerprint density at radius 1 is 1.10 bits per heavy atom. The van der Waals surface area contributed by atoms with E-state index in [1.165, 1.54) is 16.5 Å². The first-order valence-corrected chi connectivity index (χ1v) is 6.96. The van der Waals surface area contributed by atoms with Crippen LogP contribution in [0.2, 0.25) is 0 Å². The molecule has 1 heteroatoms. The van der Waals surface area contributed by atoms with E-state index in [9.17, 15) is 0 Å². The van der Waals surface area contributed by atoms with Crippen LogP contribution in [0.1, 0.15) is 6.42 Å². The zero-order valence-corrected chi connectivity index (χ0v) is 11.8. The van der Waals surface area contributed by atoms with Crippen molar-refractivity contribution in [3.8, 4) is 0 Å². The summed E-state index contributed by atoms with van der Waals surface area (Å²) in [6.07, 6.45) is 11.6. The summed E-state index contributed by atoms with van der Waals surface area (Å²) >= 11 is 0. The van der Waals surface area contributed by atoms with E-state index in [0.29, 0.717) is 0 Å². The van der Waals surface area contributed by atoms with Gasteiger partial charge in [-0.25, -0.2) is 0 Å². The maximum atomic E-state index is 4.06. The zero-order valence-electron chi connectivity index (χ0n) is 11.8. The summed E-state index contributed by atoms with van der Waals surface area (Å²) < 4.78 is 0. The molecule has 2 aromatic carbocycles. The molecule has 0 saturated carbocycles. The minimum atomic E-state index is -0.140. The Kier molecular flexibility index (Phi) is 3.19. The van der Waals surface area contributed by atoms with Crippen molar-refractivity contribution in [2.45, 2.75) is 12.0 Å². The number of rotatable bonds is 3. The van der Waals surface area contributed by atoms with Crippen LogP contribution in [0.25, 0.3) is 10.8 Å². The molecule has 100 valence electrons. The molecule has 0 unspecified atom stereocenters. The largest absolute Gasteiger partial charge is 0.361 e. The van der Waals surface area contributed by atoms with Crippen molar-refractivity contribution in [1.29, 1.82) is 0 Å². The van der Waals surface area contributed by atoms with Gasteiger partial charge in [0.2, 0.25) is 0 Å². The fourth-order valence-electron chi connectivity index (χ4n) is 2.89. The van der Waals surface area contributed by atoms with E-state index in [-0.39, 0.29) is 5.54 Å². The minimum absolute atomic E-state index is 0.140. The molecule has 0 aromatic heterocycles. The van der Waals surface area contributed by atoms with Gasteiger partial charge in [0.15, 0.2) is 0 Å². The standard InChI is InChI=1S/C19H19N/c1-3-19(14-7-4-8-15-19)20(2)18-13-9-11-16-10-5-6-12-17(16)18/h3-14H,1,15H2,2H3/t19-/m1/s1. The first-order valence-electron chi connectivity index (χ1n) is 6.96. The number of hydrogen-bond acceptors (Lipinski definition) is 1. The fraction of sp³-hybridized carbons (Fsp3) is 0.158. The van der Waals surface area contributed by atoms with Crippen LogP contribution in [0.3, 0.4) is 0 Å². The molecule has 0 aliphatic heterocycles. The van der Waals surface area contributed by atoms with E-state index >= 15 is 0 Å². The molecule has 1 nitrogen and oxygen atoms in total. The van der Waals surface area contributed by atoms with E-state index < -0.39 is 0 Å². The van der Waals surface area contributed by atoms with E-state index in [1.807, 2.05) is 6.08 Å². The smallest absolute Gasteiger partial charge is 0.0800 e. The second-order valence-electron chi connectivity index (χ2n) is 5.24. The molecule has 0 bridgehead atoms. The van der Waals surface area contributed by atoms with Gasteiger partial charge in [-0.15, -0.1) is 6.58 Å². The molecule has 0 saturated heterocycles. The average molecular weight is 261 g/mol. The Hall–Kier alpha value is -2.28. The molecular weight excluding hydrogens is 242 g/mol. The molecular formula is C19H19N. The Labute approximate surface area is 120 Å². The third kappa shape index (κ3) is 1.96. The predicted molar refractivity (Wildman–Crippen MR) is 88.2 cm³/mol. The number of nitrogens with zero attached hydrogens (tertiary/aromatic N) is 1. The number of allylic oxidation sites excluding steroid dienone is 2. The molecule has 0 spiro atoms. The zero-order chi connectivity index (χ0) is 14.0. The Bertz CT molecular complexity index is 690. The van der Waals surface area contributed by atoms with Crippen molar-refractivity contribution in [2.75, 3.05) is 11.9 Å². The number of hydrogen-bond donors (Lipinski definition) is 0. The lowest BCUT2D eigenvalue weighted by atomic mass is 9.88. The summed E-state index contributed by atoms with van der Waals surface area (Å²) in [5.74, 6) is 0. The highest BCUT2D eigenvalue weighted by Crippen LogP contribution is 2.34. The van der Waals surface area contributed by atoms with Gasteiger partial charge in [0, 0.05) is 18.1 Å². The monoisotopic (exact) mass is 261 g/mol. The van der Waals surface area contributed by atoms with Crippen LogP contribution in [0.15, 0.2) is 79.4 Å². The van der Waals surface area contributed by atoms with E-state index in [0.717, 1.165) is 6.42 Å². The van der Waals surface area contributed by atoms with Gasteiger partial charge in [-0.1, -0.05) is 66.8 Å². The fourth-order valence-corrected chi connectivity index (χ4v) is 2.89. The van der Waals surface area contributed by atoms with E-state index in [2.05, 4.69) is 85.3 Å². The van der Waals surface area contributed by atoms with Crippen LogP contribution in [-0.2, 0) is 0 Å². The Morgan fingerprint density at radius 3 is 2.65 bits per heavy atom. The number of fused-ring (bicyclic) bond motifs is 1. The summed E-state index contributed by atoms with van der Waals surface area (Å²) in [6.45, 7) is 4.06. The molecule has 0 amide bonds. The van der Waals surface area contributed by atoms with Gasteiger partial charge in [0.05, 0.1) is 5.54 Å². The van der Waals surface area contributed by atoms with Gasteiger partial charge in [0.25, 0.3) is 0 Å². The SMILES string of the molecule is C=C[C@@]1(N(C)c2cccc3ccccc23)C=CC=CC1. The second-order valence-corrected chi connectivity index (χ2v) is 5.24. The van der Waals surface area contributed by atoms with Gasteiger partial charge < -0.3 is 4.90 Å². The molecule has 0 fully saturated rings. The van der Waals surface area contributed by atoms with E-state index in [1.54, 1.807) is 0 Å². The second kappa shape index (κ2) is 5.01. The Balaban J connectivity index is 2.13. The topological polar surface area (TPSA) is 3.24 Å². The highest BCUT2D eigenvalue weighted by Gasteiger charge is 2.29. The van der Waals surface area contributed by atoms with Gasteiger partial charge in [-0.3, -0.25) is 0 Å². The van der Waals surface area contributed by atoms with Crippen molar-refractivity contribution in [3.05, 3.63) is 79.4 Å². The predicted octanol–water partition coefficient (Wildman–Crippen LogP) is 4.72. The third-order valence-electron chi connectivity index (χ3n) is 4.18. The van der Waals surface area contributed by atoms with Crippen molar-refractivity contribution in [2.24, 2.45) is 0 Å². The number of likely N-dealkylation sites (N-methyl/N-ethyl adjacent to an activating group) is 1. The molecule has 0 heterocycles. The normalized spacial score (nSPS) is 21.1. The lowest BCUT2D eigenvalue weighted by Gasteiger charge is -2.40. The molecule has 2 aromatic rings. The van der Waals surface area contributed by atoms with Crippen molar-refractivity contribution >= 4 is 16.5 Å². The maximum absolute atomic E-state index is 4.06.